The summed E-state index contributed by atoms with van der Waals surface area (Å²) in [5, 5.41) is 11.5. The summed E-state index contributed by atoms with van der Waals surface area (Å²) in [5.74, 6) is -0.566. The number of anilines is 1. The molecule has 0 aromatic heterocycles. The first-order chi connectivity index (χ1) is 13.1. The summed E-state index contributed by atoms with van der Waals surface area (Å²) in [4.78, 5) is 14.6. The van der Waals surface area contributed by atoms with Crippen LogP contribution in [-0.4, -0.2) is 30.9 Å². The highest BCUT2D eigenvalue weighted by molar-refractivity contribution is 6.02. The quantitative estimate of drug-likeness (QED) is 0.711. The Kier molecular flexibility index (Phi) is 4.93. The SMILES string of the molecule is COC(C)(C)c1ccc([C@H]2C(=O)N(C)C(=N)N[C@]2(C)c2cccc(N)c2)cc1. The van der Waals surface area contributed by atoms with Crippen LogP contribution < -0.4 is 11.1 Å². The Morgan fingerprint density at radius 2 is 1.86 bits per heavy atom. The van der Waals surface area contributed by atoms with Gasteiger partial charge in [0.15, 0.2) is 5.96 Å². The molecule has 0 aliphatic carbocycles. The molecule has 0 spiro atoms. The van der Waals surface area contributed by atoms with E-state index in [1.54, 1.807) is 14.2 Å². The zero-order valence-corrected chi connectivity index (χ0v) is 17.0. The number of guanidine groups is 1. The minimum absolute atomic E-state index is 0.0725. The van der Waals surface area contributed by atoms with Gasteiger partial charge in [-0.25, -0.2) is 0 Å². The van der Waals surface area contributed by atoms with Gasteiger partial charge < -0.3 is 15.8 Å². The molecule has 0 saturated carbocycles. The topological polar surface area (TPSA) is 91.4 Å². The number of nitrogens with one attached hydrogen (secondary N) is 2. The maximum atomic E-state index is 13.2. The van der Waals surface area contributed by atoms with E-state index in [0.717, 1.165) is 16.7 Å². The number of ether oxygens (including phenoxy) is 1. The number of nitrogen functional groups attached to an aromatic ring is 1. The van der Waals surface area contributed by atoms with Crippen LogP contribution in [0.4, 0.5) is 5.69 Å². The second kappa shape index (κ2) is 6.95. The number of benzene rings is 2. The fraction of sp³-hybridized carbons (Fsp3) is 0.364. The van der Waals surface area contributed by atoms with Crippen molar-refractivity contribution in [2.45, 2.75) is 37.8 Å². The second-order valence-corrected chi connectivity index (χ2v) is 7.97. The van der Waals surface area contributed by atoms with Gasteiger partial charge in [-0.3, -0.25) is 15.1 Å². The van der Waals surface area contributed by atoms with Crippen molar-refractivity contribution in [2.24, 2.45) is 0 Å². The van der Waals surface area contributed by atoms with E-state index in [-0.39, 0.29) is 11.9 Å². The van der Waals surface area contributed by atoms with Crippen molar-refractivity contribution in [3.8, 4) is 0 Å². The zero-order chi connectivity index (χ0) is 20.7. The molecule has 0 unspecified atom stereocenters. The molecule has 6 heteroatoms. The van der Waals surface area contributed by atoms with E-state index in [0.29, 0.717) is 5.69 Å². The summed E-state index contributed by atoms with van der Waals surface area (Å²) < 4.78 is 5.56. The number of carbonyl (C=O) groups is 1. The lowest BCUT2D eigenvalue weighted by Crippen LogP contribution is -2.62. The predicted molar refractivity (Wildman–Crippen MR) is 111 cm³/mol. The van der Waals surface area contributed by atoms with Gasteiger partial charge in [0.2, 0.25) is 5.91 Å². The van der Waals surface area contributed by atoms with Crippen LogP contribution in [0.5, 0.6) is 0 Å². The molecule has 0 radical (unpaired) electrons. The summed E-state index contributed by atoms with van der Waals surface area (Å²) >= 11 is 0. The van der Waals surface area contributed by atoms with E-state index in [4.69, 9.17) is 15.9 Å². The number of amides is 1. The van der Waals surface area contributed by atoms with Crippen molar-refractivity contribution in [2.75, 3.05) is 19.9 Å². The lowest BCUT2D eigenvalue weighted by atomic mass is 9.73. The molecule has 1 fully saturated rings. The van der Waals surface area contributed by atoms with Gasteiger partial charge in [0.05, 0.1) is 17.1 Å². The van der Waals surface area contributed by atoms with Gasteiger partial charge in [0.25, 0.3) is 0 Å². The Morgan fingerprint density at radius 3 is 2.43 bits per heavy atom. The van der Waals surface area contributed by atoms with Crippen LogP contribution in [0.1, 0.15) is 43.4 Å². The standard InChI is InChI=1S/C22H28N4O2/c1-21(2,28-5)15-11-9-14(10-12-15)18-19(27)26(4)20(24)25-22(18,3)16-7-6-8-17(23)13-16/h6-13,18H,23H2,1-5H3,(H2,24,25)/t18-,22+/m0/s1. The first kappa shape index (κ1) is 19.9. The summed E-state index contributed by atoms with van der Waals surface area (Å²) in [6.07, 6.45) is 0. The van der Waals surface area contributed by atoms with E-state index in [9.17, 15) is 4.79 Å². The van der Waals surface area contributed by atoms with Crippen LogP contribution in [0.2, 0.25) is 0 Å². The number of carbonyl (C=O) groups excluding carboxylic acids is 1. The Balaban J connectivity index is 2.11. The van der Waals surface area contributed by atoms with Crippen LogP contribution in [0.15, 0.2) is 48.5 Å². The molecule has 28 heavy (non-hydrogen) atoms. The molecule has 1 amide bonds. The Morgan fingerprint density at radius 1 is 1.21 bits per heavy atom. The highest BCUT2D eigenvalue weighted by Crippen LogP contribution is 2.41. The minimum Gasteiger partial charge on any atom is -0.399 e. The fourth-order valence-corrected chi connectivity index (χ4v) is 3.72. The molecule has 2 aromatic carbocycles. The molecule has 148 valence electrons. The van der Waals surface area contributed by atoms with Gasteiger partial charge in [-0.05, 0) is 49.6 Å². The van der Waals surface area contributed by atoms with Crippen LogP contribution in [0.25, 0.3) is 0 Å². The Labute approximate surface area is 166 Å². The van der Waals surface area contributed by atoms with E-state index in [2.05, 4.69) is 5.32 Å². The van der Waals surface area contributed by atoms with Crippen molar-refractivity contribution in [1.82, 2.24) is 10.2 Å². The molecule has 1 aliphatic heterocycles. The predicted octanol–water partition coefficient (Wildman–Crippen LogP) is 3.15. The molecule has 4 N–H and O–H groups in total. The monoisotopic (exact) mass is 380 g/mol. The first-order valence-electron chi connectivity index (χ1n) is 9.26. The normalized spacial score (nSPS) is 22.9. The largest absolute Gasteiger partial charge is 0.399 e. The van der Waals surface area contributed by atoms with Gasteiger partial charge in [0, 0.05) is 19.8 Å². The summed E-state index contributed by atoms with van der Waals surface area (Å²) in [6, 6.07) is 15.4. The lowest BCUT2D eigenvalue weighted by Gasteiger charge is -2.46. The molecular weight excluding hydrogens is 352 g/mol. The lowest BCUT2D eigenvalue weighted by molar-refractivity contribution is -0.131. The van der Waals surface area contributed by atoms with E-state index < -0.39 is 17.1 Å². The van der Waals surface area contributed by atoms with Crippen LogP contribution in [0, 0.1) is 5.41 Å². The molecule has 2 atom stereocenters. The molecular formula is C22H28N4O2. The molecule has 2 aromatic rings. The molecule has 1 aliphatic rings. The summed E-state index contributed by atoms with van der Waals surface area (Å²) in [6.45, 7) is 5.95. The number of nitrogens with zero attached hydrogens (tertiary/aromatic N) is 1. The molecule has 1 saturated heterocycles. The minimum atomic E-state index is -0.797. The van der Waals surface area contributed by atoms with Gasteiger partial charge in [-0.1, -0.05) is 36.4 Å². The molecule has 3 rings (SSSR count). The number of likely N-dealkylation sites (N-methyl/N-ethyl adjacent to an activating group) is 1. The van der Waals surface area contributed by atoms with Crippen molar-refractivity contribution in [3.05, 3.63) is 65.2 Å². The number of nitrogens with two attached hydrogens (primary N) is 1. The molecule has 1 heterocycles. The Hall–Kier alpha value is -2.86. The number of hydrogen-bond donors (Lipinski definition) is 3. The average molecular weight is 380 g/mol. The van der Waals surface area contributed by atoms with Crippen molar-refractivity contribution >= 4 is 17.6 Å². The van der Waals surface area contributed by atoms with Crippen LogP contribution >= 0.6 is 0 Å². The maximum absolute atomic E-state index is 13.2. The van der Waals surface area contributed by atoms with Crippen molar-refractivity contribution < 1.29 is 9.53 Å². The van der Waals surface area contributed by atoms with Gasteiger partial charge in [0.1, 0.15) is 0 Å². The smallest absolute Gasteiger partial charge is 0.239 e. The second-order valence-electron chi connectivity index (χ2n) is 7.97. The number of rotatable bonds is 4. The third-order valence-corrected chi connectivity index (χ3v) is 5.80. The maximum Gasteiger partial charge on any atom is 0.239 e. The molecule has 0 bridgehead atoms. The first-order valence-corrected chi connectivity index (χ1v) is 9.26. The van der Waals surface area contributed by atoms with E-state index in [1.807, 2.05) is 69.3 Å². The third-order valence-electron chi connectivity index (χ3n) is 5.80. The van der Waals surface area contributed by atoms with Crippen LogP contribution in [0.3, 0.4) is 0 Å². The summed E-state index contributed by atoms with van der Waals surface area (Å²) in [7, 11) is 3.30. The number of methoxy groups -OCH3 is 1. The fourth-order valence-electron chi connectivity index (χ4n) is 3.72. The molecule has 6 nitrogen and oxygen atoms in total. The van der Waals surface area contributed by atoms with Crippen molar-refractivity contribution in [3.63, 3.8) is 0 Å². The van der Waals surface area contributed by atoms with Gasteiger partial charge in [-0.15, -0.1) is 0 Å². The highest BCUT2D eigenvalue weighted by atomic mass is 16.5. The third kappa shape index (κ3) is 3.24. The van der Waals surface area contributed by atoms with Gasteiger partial charge >= 0.3 is 0 Å². The van der Waals surface area contributed by atoms with Gasteiger partial charge in [-0.2, -0.15) is 0 Å². The average Bonchev–Trinajstić information content (AvgIpc) is 2.67. The van der Waals surface area contributed by atoms with E-state index >= 15 is 0 Å². The Bertz CT molecular complexity index is 907. The van der Waals surface area contributed by atoms with Crippen LogP contribution in [-0.2, 0) is 20.7 Å². The zero-order valence-electron chi connectivity index (χ0n) is 17.0. The van der Waals surface area contributed by atoms with E-state index in [1.165, 1.54) is 4.90 Å². The summed E-state index contributed by atoms with van der Waals surface area (Å²) in [5.41, 5.74) is 8.17. The van der Waals surface area contributed by atoms with Crippen molar-refractivity contribution in [1.29, 1.82) is 5.41 Å². The highest BCUT2D eigenvalue weighted by Gasteiger charge is 2.48. The number of hydrogen-bond acceptors (Lipinski definition) is 4.